The van der Waals surface area contributed by atoms with Gasteiger partial charge in [0.2, 0.25) is 5.91 Å². The van der Waals surface area contributed by atoms with Crippen LogP contribution in [0.15, 0.2) is 71.8 Å². The summed E-state index contributed by atoms with van der Waals surface area (Å²) in [5, 5.41) is 7.08. The van der Waals surface area contributed by atoms with Crippen molar-refractivity contribution in [1.82, 2.24) is 14.8 Å². The molecular formula is C18H16N4O2. The Kier molecular flexibility index (Phi) is 4.47. The molecule has 1 N–H and O–H groups in total. The Labute approximate surface area is 138 Å². The summed E-state index contributed by atoms with van der Waals surface area (Å²) >= 11 is 0. The maximum Gasteiger partial charge on any atom is 0.267 e. The van der Waals surface area contributed by atoms with Crippen LogP contribution < -0.4 is 10.9 Å². The second kappa shape index (κ2) is 6.87. The summed E-state index contributed by atoms with van der Waals surface area (Å²) in [5.41, 5.74) is 1.81. The number of anilines is 1. The van der Waals surface area contributed by atoms with E-state index in [4.69, 9.17) is 0 Å². The van der Waals surface area contributed by atoms with Gasteiger partial charge in [-0.1, -0.05) is 30.3 Å². The van der Waals surface area contributed by atoms with Gasteiger partial charge < -0.3 is 5.32 Å². The number of nitrogens with one attached hydrogen (secondary N) is 1. The van der Waals surface area contributed by atoms with Crippen molar-refractivity contribution in [1.29, 1.82) is 0 Å². The molecule has 120 valence electrons. The lowest BCUT2D eigenvalue weighted by molar-refractivity contribution is -0.119. The maximum absolute atomic E-state index is 12.4. The minimum absolute atomic E-state index is 0.319. The number of aromatic nitrogens is 3. The summed E-state index contributed by atoms with van der Waals surface area (Å²) in [6, 6.07) is 15.2. The Hall–Kier alpha value is -3.28. The van der Waals surface area contributed by atoms with Crippen molar-refractivity contribution in [3.8, 4) is 11.3 Å². The summed E-state index contributed by atoms with van der Waals surface area (Å²) in [6.45, 7) is 1.64. The molecule has 1 amide bonds. The van der Waals surface area contributed by atoms with Crippen molar-refractivity contribution < 1.29 is 4.79 Å². The average Bonchev–Trinajstić information content (AvgIpc) is 2.63. The average molecular weight is 320 g/mol. The second-order valence-corrected chi connectivity index (χ2v) is 5.27. The van der Waals surface area contributed by atoms with E-state index in [2.05, 4.69) is 15.4 Å². The molecule has 6 nitrogen and oxygen atoms in total. The zero-order chi connectivity index (χ0) is 16.9. The van der Waals surface area contributed by atoms with Crippen LogP contribution in [-0.4, -0.2) is 20.7 Å². The molecule has 0 saturated carbocycles. The van der Waals surface area contributed by atoms with Crippen LogP contribution in [0.5, 0.6) is 0 Å². The first-order valence-corrected chi connectivity index (χ1v) is 7.51. The van der Waals surface area contributed by atoms with Crippen molar-refractivity contribution in [3.63, 3.8) is 0 Å². The highest BCUT2D eigenvalue weighted by Crippen LogP contribution is 2.15. The highest BCUT2D eigenvalue weighted by Gasteiger charge is 2.18. The van der Waals surface area contributed by atoms with Crippen molar-refractivity contribution >= 4 is 11.6 Å². The highest BCUT2D eigenvalue weighted by atomic mass is 16.2. The third kappa shape index (κ3) is 3.38. The van der Waals surface area contributed by atoms with Gasteiger partial charge in [0.05, 0.1) is 5.69 Å². The van der Waals surface area contributed by atoms with Gasteiger partial charge in [-0.3, -0.25) is 14.6 Å². The lowest BCUT2D eigenvalue weighted by atomic mass is 10.1. The Morgan fingerprint density at radius 2 is 1.75 bits per heavy atom. The zero-order valence-electron chi connectivity index (χ0n) is 13.1. The van der Waals surface area contributed by atoms with E-state index < -0.39 is 6.04 Å². The Morgan fingerprint density at radius 1 is 1.04 bits per heavy atom. The molecule has 0 aliphatic rings. The minimum Gasteiger partial charge on any atom is -0.324 e. The quantitative estimate of drug-likeness (QED) is 0.801. The summed E-state index contributed by atoms with van der Waals surface area (Å²) in [6.07, 6.45) is 3.17. The smallest absolute Gasteiger partial charge is 0.267 e. The number of carbonyl (C=O) groups is 1. The number of carbonyl (C=O) groups excluding carboxylic acids is 1. The van der Waals surface area contributed by atoms with E-state index in [-0.39, 0.29) is 11.5 Å². The molecule has 0 spiro atoms. The predicted octanol–water partition coefficient (Wildman–Crippen LogP) is 2.51. The van der Waals surface area contributed by atoms with Crippen LogP contribution in [-0.2, 0) is 4.79 Å². The molecule has 0 bridgehead atoms. The molecule has 2 aromatic heterocycles. The number of nitrogens with zero attached hydrogens (tertiary/aromatic N) is 3. The molecule has 6 heteroatoms. The predicted molar refractivity (Wildman–Crippen MR) is 91.5 cm³/mol. The Bertz CT molecular complexity index is 892. The van der Waals surface area contributed by atoms with E-state index >= 15 is 0 Å². The van der Waals surface area contributed by atoms with Crippen LogP contribution in [0.3, 0.4) is 0 Å². The molecule has 24 heavy (non-hydrogen) atoms. The van der Waals surface area contributed by atoms with Gasteiger partial charge in [-0.25, -0.2) is 4.68 Å². The number of hydrogen-bond acceptors (Lipinski definition) is 4. The van der Waals surface area contributed by atoms with E-state index in [1.54, 1.807) is 37.5 Å². The lowest BCUT2D eigenvalue weighted by Crippen LogP contribution is -2.33. The third-order valence-corrected chi connectivity index (χ3v) is 3.59. The van der Waals surface area contributed by atoms with E-state index in [1.807, 2.05) is 30.3 Å². The molecule has 0 unspecified atom stereocenters. The molecule has 2 heterocycles. The van der Waals surface area contributed by atoms with Gasteiger partial charge in [0.25, 0.3) is 5.56 Å². The maximum atomic E-state index is 12.4. The van der Waals surface area contributed by atoms with Crippen molar-refractivity contribution in [2.75, 3.05) is 5.32 Å². The van der Waals surface area contributed by atoms with E-state index in [0.717, 1.165) is 5.56 Å². The topological polar surface area (TPSA) is 76.9 Å². The number of rotatable bonds is 4. The zero-order valence-corrected chi connectivity index (χ0v) is 13.1. The van der Waals surface area contributed by atoms with Gasteiger partial charge in [-0.2, -0.15) is 5.10 Å². The van der Waals surface area contributed by atoms with Crippen LogP contribution in [0.1, 0.15) is 13.0 Å². The van der Waals surface area contributed by atoms with Crippen LogP contribution in [0.2, 0.25) is 0 Å². The van der Waals surface area contributed by atoms with Crippen LogP contribution in [0, 0.1) is 0 Å². The molecule has 0 aliphatic heterocycles. The summed E-state index contributed by atoms with van der Waals surface area (Å²) in [4.78, 5) is 28.4. The molecule has 0 aliphatic carbocycles. The molecule has 1 aromatic carbocycles. The number of pyridine rings is 1. The van der Waals surface area contributed by atoms with Crippen LogP contribution in [0.25, 0.3) is 11.3 Å². The minimum atomic E-state index is -0.741. The molecule has 3 rings (SSSR count). The second-order valence-electron chi connectivity index (χ2n) is 5.27. The SMILES string of the molecule is C[C@H](C(=O)Nc1ccncc1)n1nc(-c2ccccc2)ccc1=O. The monoisotopic (exact) mass is 320 g/mol. The molecule has 3 aromatic rings. The molecule has 0 saturated heterocycles. The van der Waals surface area contributed by atoms with Crippen molar-refractivity contribution in [3.05, 3.63) is 77.3 Å². The first-order valence-electron chi connectivity index (χ1n) is 7.51. The summed E-state index contributed by atoms with van der Waals surface area (Å²) in [5.74, 6) is -0.319. The fourth-order valence-corrected chi connectivity index (χ4v) is 2.26. The molecular weight excluding hydrogens is 304 g/mol. The fraction of sp³-hybridized carbons (Fsp3) is 0.111. The van der Waals surface area contributed by atoms with Gasteiger partial charge in [0.15, 0.2) is 0 Å². The van der Waals surface area contributed by atoms with E-state index in [0.29, 0.717) is 11.4 Å². The van der Waals surface area contributed by atoms with Crippen molar-refractivity contribution in [2.45, 2.75) is 13.0 Å². The number of benzene rings is 1. The number of amides is 1. The first-order chi connectivity index (χ1) is 11.6. The summed E-state index contributed by atoms with van der Waals surface area (Å²) in [7, 11) is 0. The van der Waals surface area contributed by atoms with E-state index in [1.165, 1.54) is 10.7 Å². The lowest BCUT2D eigenvalue weighted by Gasteiger charge is -2.15. The fourth-order valence-electron chi connectivity index (χ4n) is 2.26. The largest absolute Gasteiger partial charge is 0.324 e. The highest BCUT2D eigenvalue weighted by molar-refractivity contribution is 5.93. The normalized spacial score (nSPS) is 11.7. The van der Waals surface area contributed by atoms with Gasteiger partial charge in [0, 0.05) is 29.7 Å². The van der Waals surface area contributed by atoms with Crippen molar-refractivity contribution in [2.24, 2.45) is 0 Å². The number of hydrogen-bond donors (Lipinski definition) is 1. The Morgan fingerprint density at radius 3 is 2.46 bits per heavy atom. The van der Waals surface area contributed by atoms with Gasteiger partial charge >= 0.3 is 0 Å². The molecule has 0 fully saturated rings. The van der Waals surface area contributed by atoms with Gasteiger partial charge in [-0.05, 0) is 25.1 Å². The van der Waals surface area contributed by atoms with Crippen LogP contribution in [0.4, 0.5) is 5.69 Å². The van der Waals surface area contributed by atoms with E-state index in [9.17, 15) is 9.59 Å². The van der Waals surface area contributed by atoms with Gasteiger partial charge in [-0.15, -0.1) is 0 Å². The first kappa shape index (κ1) is 15.6. The third-order valence-electron chi connectivity index (χ3n) is 3.59. The molecule has 1 atom stereocenters. The van der Waals surface area contributed by atoms with Crippen LogP contribution >= 0.6 is 0 Å². The standard InChI is InChI=1S/C18H16N4O2/c1-13(18(24)20-15-9-11-19-12-10-15)22-17(23)8-7-16(21-22)14-5-3-2-4-6-14/h2-13H,1H3,(H,19,20,24)/t13-/m1/s1. The molecule has 0 radical (unpaired) electrons. The van der Waals surface area contributed by atoms with Gasteiger partial charge in [0.1, 0.15) is 6.04 Å². The Balaban J connectivity index is 1.88. The summed E-state index contributed by atoms with van der Waals surface area (Å²) < 4.78 is 1.19.